The van der Waals surface area contributed by atoms with E-state index in [1.165, 1.54) is 56.1 Å². The zero-order valence-electron chi connectivity index (χ0n) is 9.21. The number of allylic oxidation sites excluding steroid dienone is 4. The van der Waals surface area contributed by atoms with E-state index in [1.807, 2.05) is 6.08 Å². The monoisotopic (exact) mass is 205 g/mol. The molecule has 0 radical (unpaired) electrons. The highest BCUT2D eigenvalue weighted by Gasteiger charge is 2.13. The summed E-state index contributed by atoms with van der Waals surface area (Å²) >= 11 is 0. The van der Waals surface area contributed by atoms with Crippen molar-refractivity contribution in [2.75, 3.05) is 0 Å². The molecule has 0 atom stereocenters. The van der Waals surface area contributed by atoms with Crippen molar-refractivity contribution in [2.45, 2.75) is 51.4 Å². The SMILES string of the molecule is ON=C1C=CC2=C(CCCCCCC2)C1. The summed E-state index contributed by atoms with van der Waals surface area (Å²) in [5, 5.41) is 12.1. The highest BCUT2D eigenvalue weighted by molar-refractivity contribution is 5.97. The topological polar surface area (TPSA) is 32.6 Å². The molecule has 82 valence electrons. The summed E-state index contributed by atoms with van der Waals surface area (Å²) in [4.78, 5) is 0. The van der Waals surface area contributed by atoms with Gasteiger partial charge in [0.05, 0.1) is 5.71 Å². The normalized spacial score (nSPS) is 25.7. The lowest BCUT2D eigenvalue weighted by Gasteiger charge is -2.15. The lowest BCUT2D eigenvalue weighted by molar-refractivity contribution is 0.318. The third-order valence-corrected chi connectivity index (χ3v) is 3.38. The van der Waals surface area contributed by atoms with Gasteiger partial charge in [0, 0.05) is 6.42 Å². The van der Waals surface area contributed by atoms with Crippen molar-refractivity contribution < 1.29 is 5.21 Å². The van der Waals surface area contributed by atoms with Crippen molar-refractivity contribution >= 4 is 5.71 Å². The van der Waals surface area contributed by atoms with Gasteiger partial charge in [-0.15, -0.1) is 0 Å². The van der Waals surface area contributed by atoms with E-state index in [4.69, 9.17) is 5.21 Å². The molecule has 0 aromatic carbocycles. The molecule has 0 saturated heterocycles. The molecule has 2 aliphatic carbocycles. The number of hydrogen-bond donors (Lipinski definition) is 1. The Morgan fingerprint density at radius 1 is 0.933 bits per heavy atom. The maximum atomic E-state index is 8.78. The fourth-order valence-electron chi connectivity index (χ4n) is 2.47. The van der Waals surface area contributed by atoms with Gasteiger partial charge in [-0.3, -0.25) is 0 Å². The van der Waals surface area contributed by atoms with E-state index in [0.29, 0.717) is 0 Å². The van der Waals surface area contributed by atoms with Crippen LogP contribution in [0.25, 0.3) is 0 Å². The Balaban J connectivity index is 2.12. The largest absolute Gasteiger partial charge is 0.411 e. The van der Waals surface area contributed by atoms with Gasteiger partial charge in [-0.05, 0) is 37.3 Å². The van der Waals surface area contributed by atoms with Crippen LogP contribution >= 0.6 is 0 Å². The van der Waals surface area contributed by atoms with Gasteiger partial charge in [0.25, 0.3) is 0 Å². The van der Waals surface area contributed by atoms with Gasteiger partial charge in [-0.2, -0.15) is 0 Å². The minimum absolute atomic E-state index is 0.813. The molecule has 1 N–H and O–H groups in total. The Morgan fingerprint density at radius 2 is 1.67 bits per heavy atom. The lowest BCUT2D eigenvalue weighted by Crippen LogP contribution is -2.05. The molecule has 0 heterocycles. The maximum absolute atomic E-state index is 8.78. The van der Waals surface area contributed by atoms with E-state index in [-0.39, 0.29) is 0 Å². The quantitative estimate of drug-likeness (QED) is 0.473. The summed E-state index contributed by atoms with van der Waals surface area (Å²) in [5.74, 6) is 0. The lowest BCUT2D eigenvalue weighted by atomic mass is 9.91. The molecule has 0 saturated carbocycles. The number of nitrogens with zero attached hydrogens (tertiary/aromatic N) is 1. The van der Waals surface area contributed by atoms with Crippen LogP contribution in [0.15, 0.2) is 28.5 Å². The van der Waals surface area contributed by atoms with E-state index in [2.05, 4.69) is 11.2 Å². The minimum Gasteiger partial charge on any atom is -0.411 e. The molecular formula is C13H19NO. The first-order valence-electron chi connectivity index (χ1n) is 6.00. The standard InChI is InChI=1S/C13H19NO/c15-14-13-9-8-11-6-4-2-1-3-5-7-12(11)10-13/h8-9,15H,1-7,10H2. The zero-order chi connectivity index (χ0) is 10.5. The third kappa shape index (κ3) is 2.71. The summed E-state index contributed by atoms with van der Waals surface area (Å²) in [6.45, 7) is 0. The van der Waals surface area contributed by atoms with Crippen molar-refractivity contribution in [3.05, 3.63) is 23.3 Å². The Bertz CT molecular complexity index is 312. The highest BCUT2D eigenvalue weighted by atomic mass is 16.4. The molecule has 0 aliphatic heterocycles. The second-order valence-corrected chi connectivity index (χ2v) is 4.50. The predicted molar refractivity (Wildman–Crippen MR) is 62.3 cm³/mol. The minimum atomic E-state index is 0.813. The van der Waals surface area contributed by atoms with Gasteiger partial charge in [-0.25, -0.2) is 0 Å². The number of rotatable bonds is 0. The molecule has 0 aromatic rings. The van der Waals surface area contributed by atoms with Crippen molar-refractivity contribution in [1.29, 1.82) is 0 Å². The Kier molecular flexibility index (Phi) is 3.59. The van der Waals surface area contributed by atoms with Gasteiger partial charge in [0.15, 0.2) is 0 Å². The van der Waals surface area contributed by atoms with Crippen molar-refractivity contribution in [1.82, 2.24) is 0 Å². The molecule has 2 rings (SSSR count). The van der Waals surface area contributed by atoms with Crippen LogP contribution < -0.4 is 0 Å². The highest BCUT2D eigenvalue weighted by Crippen LogP contribution is 2.28. The van der Waals surface area contributed by atoms with Gasteiger partial charge in [0.2, 0.25) is 0 Å². The first-order valence-corrected chi connectivity index (χ1v) is 6.00. The molecule has 0 fully saturated rings. The molecule has 15 heavy (non-hydrogen) atoms. The van der Waals surface area contributed by atoms with E-state index < -0.39 is 0 Å². The van der Waals surface area contributed by atoms with Crippen LogP contribution in [0.4, 0.5) is 0 Å². The van der Waals surface area contributed by atoms with Gasteiger partial charge in [0.1, 0.15) is 0 Å². The molecule has 0 bridgehead atoms. The maximum Gasteiger partial charge on any atom is 0.0836 e. The molecule has 2 nitrogen and oxygen atoms in total. The fraction of sp³-hybridized carbons (Fsp3) is 0.615. The first kappa shape index (κ1) is 10.5. The van der Waals surface area contributed by atoms with Crippen molar-refractivity contribution in [2.24, 2.45) is 5.16 Å². The second-order valence-electron chi connectivity index (χ2n) is 4.50. The third-order valence-electron chi connectivity index (χ3n) is 3.38. The number of hydrogen-bond acceptors (Lipinski definition) is 2. The smallest absolute Gasteiger partial charge is 0.0836 e. The molecule has 0 amide bonds. The molecular weight excluding hydrogens is 186 g/mol. The Hall–Kier alpha value is -1.05. The second kappa shape index (κ2) is 5.15. The molecule has 0 aromatic heterocycles. The number of oxime groups is 1. The van der Waals surface area contributed by atoms with Gasteiger partial charge in [-0.1, -0.05) is 36.1 Å². The zero-order valence-corrected chi connectivity index (χ0v) is 9.21. The summed E-state index contributed by atoms with van der Waals surface area (Å²) in [6, 6.07) is 0. The molecule has 2 aliphatic rings. The van der Waals surface area contributed by atoms with E-state index in [0.717, 1.165) is 12.1 Å². The van der Waals surface area contributed by atoms with Gasteiger partial charge < -0.3 is 5.21 Å². The van der Waals surface area contributed by atoms with Crippen LogP contribution in [0.2, 0.25) is 0 Å². The van der Waals surface area contributed by atoms with Crippen LogP contribution in [0.5, 0.6) is 0 Å². The molecule has 0 unspecified atom stereocenters. The Labute approximate surface area is 91.4 Å². The fourth-order valence-corrected chi connectivity index (χ4v) is 2.47. The Morgan fingerprint density at radius 3 is 2.47 bits per heavy atom. The van der Waals surface area contributed by atoms with Crippen LogP contribution in [-0.4, -0.2) is 10.9 Å². The van der Waals surface area contributed by atoms with E-state index >= 15 is 0 Å². The molecule has 2 heteroatoms. The van der Waals surface area contributed by atoms with Crippen molar-refractivity contribution in [3.63, 3.8) is 0 Å². The van der Waals surface area contributed by atoms with Gasteiger partial charge >= 0.3 is 0 Å². The van der Waals surface area contributed by atoms with Crippen LogP contribution in [0.1, 0.15) is 51.4 Å². The predicted octanol–water partition coefficient (Wildman–Crippen LogP) is 3.82. The summed E-state index contributed by atoms with van der Waals surface area (Å²) in [5.41, 5.74) is 3.82. The van der Waals surface area contributed by atoms with Crippen LogP contribution in [0, 0.1) is 0 Å². The van der Waals surface area contributed by atoms with E-state index in [1.54, 1.807) is 0 Å². The average Bonchev–Trinajstić information content (AvgIpc) is 2.39. The average molecular weight is 205 g/mol. The van der Waals surface area contributed by atoms with E-state index in [9.17, 15) is 0 Å². The van der Waals surface area contributed by atoms with Crippen LogP contribution in [-0.2, 0) is 0 Å². The van der Waals surface area contributed by atoms with Crippen molar-refractivity contribution in [3.8, 4) is 0 Å². The molecule has 0 spiro atoms. The first-order chi connectivity index (χ1) is 7.40. The van der Waals surface area contributed by atoms with Crippen LogP contribution in [0.3, 0.4) is 0 Å². The summed E-state index contributed by atoms with van der Waals surface area (Å²) in [7, 11) is 0. The summed E-state index contributed by atoms with van der Waals surface area (Å²) in [6.07, 6.45) is 14.1. The summed E-state index contributed by atoms with van der Waals surface area (Å²) < 4.78 is 0.